The molecule has 0 fully saturated rings. The molecule has 0 saturated heterocycles. The number of carboxylic acids is 1. The van der Waals surface area contributed by atoms with E-state index < -0.39 is 17.9 Å². The molecule has 0 radical (unpaired) electrons. The van der Waals surface area contributed by atoms with Gasteiger partial charge < -0.3 is 26.8 Å². The van der Waals surface area contributed by atoms with Crippen molar-refractivity contribution >= 4 is 35.1 Å². The number of amides is 2. The average molecular weight is 445 g/mol. The Balaban J connectivity index is 1.63. The smallest absolute Gasteiger partial charge is 0.326 e. The number of carboxylic acid groups (broad SMARTS) is 1. The Kier molecular flexibility index (Phi) is 7.38. The lowest BCUT2D eigenvalue weighted by Crippen LogP contribution is -2.42. The van der Waals surface area contributed by atoms with Gasteiger partial charge in [0.15, 0.2) is 5.96 Å². The molecular weight excluding hydrogens is 422 g/mol. The zero-order valence-electron chi connectivity index (χ0n) is 17.5. The highest BCUT2D eigenvalue weighted by Crippen LogP contribution is 2.15. The van der Waals surface area contributed by atoms with E-state index in [0.29, 0.717) is 28.1 Å². The quantitative estimate of drug-likeness (QED) is 0.231. The highest BCUT2D eigenvalue weighted by atomic mass is 16.4. The van der Waals surface area contributed by atoms with Crippen LogP contribution in [0.2, 0.25) is 0 Å². The normalized spacial score (nSPS) is 11.2. The molecule has 0 saturated carbocycles. The first-order valence-electron chi connectivity index (χ1n) is 10.0. The average Bonchev–Trinajstić information content (AvgIpc) is 2.80. The SMILES string of the molecule is N=C(N)Nc1cccc(C(=O)Nc2ccc(C[C@H](NC(=O)c3ccccc3)C(=O)O)cc2)c1. The number of nitrogens with two attached hydrogens (primary N) is 1. The lowest BCUT2D eigenvalue weighted by molar-refractivity contribution is -0.139. The number of anilines is 2. The van der Waals surface area contributed by atoms with Crippen LogP contribution in [0.25, 0.3) is 0 Å². The second-order valence-electron chi connectivity index (χ2n) is 7.20. The maximum absolute atomic E-state index is 12.5. The van der Waals surface area contributed by atoms with Crippen molar-refractivity contribution in [2.24, 2.45) is 5.73 Å². The van der Waals surface area contributed by atoms with Gasteiger partial charge in [0.05, 0.1) is 0 Å². The highest BCUT2D eigenvalue weighted by molar-refractivity contribution is 6.05. The minimum Gasteiger partial charge on any atom is -0.480 e. The van der Waals surface area contributed by atoms with Gasteiger partial charge in [-0.15, -0.1) is 0 Å². The first kappa shape index (κ1) is 23.0. The van der Waals surface area contributed by atoms with Gasteiger partial charge in [0, 0.05) is 28.9 Å². The molecule has 9 heteroatoms. The van der Waals surface area contributed by atoms with Crippen molar-refractivity contribution in [2.45, 2.75) is 12.5 Å². The summed E-state index contributed by atoms with van der Waals surface area (Å²) in [5.74, 6) is -2.19. The van der Waals surface area contributed by atoms with Gasteiger partial charge >= 0.3 is 5.97 Å². The van der Waals surface area contributed by atoms with E-state index in [1.54, 1.807) is 78.9 Å². The Labute approximate surface area is 190 Å². The molecule has 0 unspecified atom stereocenters. The highest BCUT2D eigenvalue weighted by Gasteiger charge is 2.21. The topological polar surface area (TPSA) is 157 Å². The van der Waals surface area contributed by atoms with Crippen LogP contribution in [0.4, 0.5) is 11.4 Å². The molecule has 9 nitrogen and oxygen atoms in total. The third kappa shape index (κ3) is 6.66. The number of guanidine groups is 1. The fourth-order valence-corrected chi connectivity index (χ4v) is 3.09. The molecule has 2 amide bonds. The molecule has 0 spiro atoms. The number of hydrogen-bond acceptors (Lipinski definition) is 4. The molecule has 0 aromatic heterocycles. The standard InChI is InChI=1S/C24H23N5O4/c25-24(26)28-19-8-4-7-17(14-19)22(31)27-18-11-9-15(10-12-18)13-20(23(32)33)29-21(30)16-5-2-1-3-6-16/h1-12,14,20H,13H2,(H,27,31)(H,29,30)(H,32,33)(H4,25,26,28)/t20-/m0/s1. The van der Waals surface area contributed by atoms with Crippen LogP contribution in [-0.2, 0) is 11.2 Å². The Morgan fingerprint density at radius 3 is 2.12 bits per heavy atom. The number of nitrogens with one attached hydrogen (secondary N) is 4. The summed E-state index contributed by atoms with van der Waals surface area (Å²) in [4.78, 5) is 36.4. The van der Waals surface area contributed by atoms with Gasteiger partial charge in [0.1, 0.15) is 6.04 Å². The van der Waals surface area contributed by atoms with Gasteiger partial charge in [-0.25, -0.2) is 4.79 Å². The van der Waals surface area contributed by atoms with Gasteiger partial charge in [-0.3, -0.25) is 15.0 Å². The minimum absolute atomic E-state index is 0.0842. The van der Waals surface area contributed by atoms with Crippen LogP contribution in [0.3, 0.4) is 0 Å². The summed E-state index contributed by atoms with van der Waals surface area (Å²) in [7, 11) is 0. The van der Waals surface area contributed by atoms with Gasteiger partial charge in [0.25, 0.3) is 11.8 Å². The van der Waals surface area contributed by atoms with Crippen LogP contribution in [0, 0.1) is 5.41 Å². The third-order valence-corrected chi connectivity index (χ3v) is 4.69. The van der Waals surface area contributed by atoms with Gasteiger partial charge in [-0.1, -0.05) is 36.4 Å². The second-order valence-corrected chi connectivity index (χ2v) is 7.20. The Hall–Kier alpha value is -4.66. The predicted molar refractivity (Wildman–Crippen MR) is 125 cm³/mol. The largest absolute Gasteiger partial charge is 0.480 e. The molecular formula is C24H23N5O4. The van der Waals surface area contributed by atoms with Crippen LogP contribution in [0.15, 0.2) is 78.9 Å². The number of aliphatic carboxylic acids is 1. The molecule has 3 rings (SSSR count). The third-order valence-electron chi connectivity index (χ3n) is 4.69. The Morgan fingerprint density at radius 1 is 0.818 bits per heavy atom. The first-order chi connectivity index (χ1) is 15.8. The number of benzene rings is 3. The molecule has 0 bridgehead atoms. The predicted octanol–water partition coefficient (Wildman–Crippen LogP) is 2.67. The maximum atomic E-state index is 12.5. The van der Waals surface area contributed by atoms with E-state index >= 15 is 0 Å². The van der Waals surface area contributed by atoms with Crippen molar-refractivity contribution in [3.63, 3.8) is 0 Å². The van der Waals surface area contributed by atoms with Gasteiger partial charge in [-0.05, 0) is 48.0 Å². The lowest BCUT2D eigenvalue weighted by atomic mass is 10.0. The summed E-state index contributed by atoms with van der Waals surface area (Å²) in [5, 5.41) is 24.7. The zero-order valence-corrected chi connectivity index (χ0v) is 17.5. The summed E-state index contributed by atoms with van der Waals surface area (Å²) in [6, 6.07) is 20.5. The Morgan fingerprint density at radius 2 is 1.48 bits per heavy atom. The molecule has 1 atom stereocenters. The summed E-state index contributed by atoms with van der Waals surface area (Å²) >= 11 is 0. The van der Waals surface area contributed by atoms with Crippen molar-refractivity contribution in [3.8, 4) is 0 Å². The minimum atomic E-state index is -1.14. The molecule has 168 valence electrons. The number of carbonyl (C=O) groups is 3. The molecule has 33 heavy (non-hydrogen) atoms. The second kappa shape index (κ2) is 10.6. The van der Waals surface area contributed by atoms with Gasteiger partial charge in [0.2, 0.25) is 0 Å². The Bertz CT molecular complexity index is 1160. The van der Waals surface area contributed by atoms with Crippen LogP contribution in [-0.4, -0.2) is 34.9 Å². The van der Waals surface area contributed by atoms with E-state index in [2.05, 4.69) is 16.0 Å². The van der Waals surface area contributed by atoms with E-state index in [-0.39, 0.29) is 18.3 Å². The summed E-state index contributed by atoms with van der Waals surface area (Å²) in [6.45, 7) is 0. The first-order valence-corrected chi connectivity index (χ1v) is 10.0. The maximum Gasteiger partial charge on any atom is 0.326 e. The molecule has 0 aliphatic heterocycles. The van der Waals surface area contributed by atoms with Crippen molar-refractivity contribution in [1.82, 2.24) is 5.32 Å². The fourth-order valence-electron chi connectivity index (χ4n) is 3.09. The molecule has 0 aliphatic carbocycles. The van der Waals surface area contributed by atoms with Crippen molar-refractivity contribution in [2.75, 3.05) is 10.6 Å². The van der Waals surface area contributed by atoms with Crippen molar-refractivity contribution < 1.29 is 19.5 Å². The summed E-state index contributed by atoms with van der Waals surface area (Å²) < 4.78 is 0. The monoisotopic (exact) mass is 445 g/mol. The zero-order chi connectivity index (χ0) is 23.8. The van der Waals surface area contributed by atoms with E-state index in [0.717, 1.165) is 0 Å². The fraction of sp³-hybridized carbons (Fsp3) is 0.0833. The van der Waals surface area contributed by atoms with Crippen LogP contribution in [0.1, 0.15) is 26.3 Å². The number of rotatable bonds is 8. The molecule has 0 aliphatic rings. The van der Waals surface area contributed by atoms with Crippen molar-refractivity contribution in [3.05, 3.63) is 95.6 Å². The van der Waals surface area contributed by atoms with Crippen LogP contribution < -0.4 is 21.7 Å². The van der Waals surface area contributed by atoms with E-state index in [9.17, 15) is 19.5 Å². The van der Waals surface area contributed by atoms with Gasteiger partial charge in [-0.2, -0.15) is 0 Å². The number of carbonyl (C=O) groups excluding carboxylic acids is 2. The van der Waals surface area contributed by atoms with E-state index in [1.165, 1.54) is 0 Å². The lowest BCUT2D eigenvalue weighted by Gasteiger charge is -2.15. The summed E-state index contributed by atoms with van der Waals surface area (Å²) in [5.41, 5.74) is 7.78. The van der Waals surface area contributed by atoms with Crippen LogP contribution in [0.5, 0.6) is 0 Å². The molecule has 3 aromatic rings. The van der Waals surface area contributed by atoms with Crippen molar-refractivity contribution in [1.29, 1.82) is 5.41 Å². The molecule has 3 aromatic carbocycles. The number of hydrogen-bond donors (Lipinski definition) is 6. The van der Waals surface area contributed by atoms with E-state index in [4.69, 9.17) is 11.1 Å². The molecule has 0 heterocycles. The van der Waals surface area contributed by atoms with Crippen LogP contribution >= 0.6 is 0 Å². The van der Waals surface area contributed by atoms with E-state index in [1.807, 2.05) is 0 Å². The summed E-state index contributed by atoms with van der Waals surface area (Å²) in [6.07, 6.45) is 0.0842. The molecule has 7 N–H and O–H groups in total.